The number of hydrogen-bond acceptors (Lipinski definition) is 13. The molecule has 4 aliphatic heterocycles. The van der Waals surface area contributed by atoms with Crippen LogP contribution < -0.4 is 33.0 Å². The number of aliphatic carboxylic acids is 1. The molecule has 4 amide bonds. The highest BCUT2D eigenvalue weighted by Gasteiger charge is 2.63. The van der Waals surface area contributed by atoms with Gasteiger partial charge in [0.05, 0.1) is 42.0 Å². The molecule has 0 radical (unpaired) electrons. The normalized spacial score (nSPS) is 23.9. The van der Waals surface area contributed by atoms with Crippen molar-refractivity contribution in [2.75, 3.05) is 13.2 Å². The second-order valence-corrected chi connectivity index (χ2v) is 18.6. The first kappa shape index (κ1) is 50.5. The van der Waals surface area contributed by atoms with Crippen molar-refractivity contribution in [3.63, 3.8) is 0 Å². The van der Waals surface area contributed by atoms with Gasteiger partial charge in [-0.05, 0) is 91.3 Å². The highest BCUT2D eigenvalue weighted by molar-refractivity contribution is 6.09. The van der Waals surface area contributed by atoms with Crippen LogP contribution in [0.1, 0.15) is 79.8 Å². The number of carboxylic acids is 1. The number of aryl methyl sites for hydroxylation is 1. The monoisotopic (exact) mass is 968 g/mol. The first-order valence-corrected chi connectivity index (χ1v) is 22.8. The lowest BCUT2D eigenvalue weighted by molar-refractivity contribution is -0.477. The number of pyridine rings is 2. The molecule has 71 heavy (non-hydrogen) atoms. The van der Waals surface area contributed by atoms with Crippen LogP contribution in [0.2, 0.25) is 0 Å². The van der Waals surface area contributed by atoms with E-state index >= 15 is 0 Å². The number of primary amides is 2. The zero-order valence-electron chi connectivity index (χ0n) is 39.4. The summed E-state index contributed by atoms with van der Waals surface area (Å²) in [6, 6.07) is 23.1. The number of ether oxygens (including phenoxy) is 3. The number of esters is 1. The van der Waals surface area contributed by atoms with E-state index in [-0.39, 0.29) is 37.5 Å². The lowest BCUT2D eigenvalue weighted by Crippen LogP contribution is -2.76. The SMILES string of the molecule is CC(=N)CCc1ccnc(/C=C2/C(=O)N3C2C[C@@](C)(COC(N)=O)[C@@H]3C(=O)OC(c2ccccc2)c2ccccc2)c1.C[C@@]1(COC(N)=O)CC2/C(=C\c3cc(C[NH+]=C(N)N)ccn3)C(=O)N2[C@H]1C(=O)[O-]. The summed E-state index contributed by atoms with van der Waals surface area (Å²) in [7, 11) is 0. The highest BCUT2D eigenvalue weighted by atomic mass is 16.6. The molecule has 2 unspecified atom stereocenters. The molecular formula is C51H56N10O10. The Bertz CT molecular complexity index is 2780. The predicted molar refractivity (Wildman–Crippen MR) is 255 cm³/mol. The molecule has 6 atom stereocenters. The number of amides is 4. The summed E-state index contributed by atoms with van der Waals surface area (Å²) in [5.41, 5.74) is 25.3. The Hall–Kier alpha value is -8.42. The van der Waals surface area contributed by atoms with Crippen LogP contribution in [0.25, 0.3) is 12.2 Å². The Morgan fingerprint density at radius 3 is 1.69 bits per heavy atom. The molecule has 2 aromatic heterocycles. The average molecular weight is 969 g/mol. The van der Waals surface area contributed by atoms with Gasteiger partial charge in [-0.25, -0.2) is 14.4 Å². The quantitative estimate of drug-likeness (QED) is 0.0228. The van der Waals surface area contributed by atoms with Crippen molar-refractivity contribution in [3.8, 4) is 0 Å². The molecule has 2 aromatic carbocycles. The molecule has 6 heterocycles. The van der Waals surface area contributed by atoms with Crippen molar-refractivity contribution in [1.29, 1.82) is 5.41 Å². The molecule has 8 rings (SSSR count). The fourth-order valence-electron chi connectivity index (χ4n) is 9.71. The molecule has 4 aromatic rings. The minimum Gasteiger partial charge on any atom is -0.548 e. The van der Waals surface area contributed by atoms with E-state index in [0.29, 0.717) is 54.1 Å². The van der Waals surface area contributed by atoms with E-state index in [0.717, 1.165) is 22.3 Å². The van der Waals surface area contributed by atoms with E-state index in [1.165, 1.54) is 9.80 Å². The number of β-lactam (4-membered cyclic amide) rings is 2. The van der Waals surface area contributed by atoms with Gasteiger partial charge in [-0.1, -0.05) is 74.5 Å². The number of guanidine groups is 1. The van der Waals surface area contributed by atoms with Crippen LogP contribution in [0.15, 0.2) is 108 Å². The van der Waals surface area contributed by atoms with Crippen molar-refractivity contribution < 1.29 is 53.1 Å². The molecule has 0 saturated carbocycles. The zero-order valence-corrected chi connectivity index (χ0v) is 39.4. The molecule has 10 N–H and O–H groups in total. The Labute approximate surface area is 409 Å². The lowest BCUT2D eigenvalue weighted by Gasteiger charge is -2.42. The number of hydrogen-bond donors (Lipinski definition) is 6. The summed E-state index contributed by atoms with van der Waals surface area (Å²) in [6.07, 6.45) is 6.01. The van der Waals surface area contributed by atoms with Gasteiger partial charge in [0.25, 0.3) is 11.8 Å². The fourth-order valence-corrected chi connectivity index (χ4v) is 9.71. The van der Waals surface area contributed by atoms with Gasteiger partial charge in [-0.2, -0.15) is 0 Å². The largest absolute Gasteiger partial charge is 0.548 e. The van der Waals surface area contributed by atoms with Crippen molar-refractivity contribution in [2.45, 2.75) is 83.3 Å². The Kier molecular flexibility index (Phi) is 15.0. The summed E-state index contributed by atoms with van der Waals surface area (Å²) >= 11 is 0. The van der Waals surface area contributed by atoms with Crippen LogP contribution in [0, 0.1) is 16.2 Å². The molecule has 0 spiro atoms. The number of aromatic nitrogens is 2. The highest BCUT2D eigenvalue weighted by Crippen LogP contribution is 2.51. The maximum Gasteiger partial charge on any atom is 0.404 e. The van der Waals surface area contributed by atoms with Gasteiger partial charge < -0.3 is 50.8 Å². The van der Waals surface area contributed by atoms with Crippen molar-refractivity contribution in [2.24, 2.45) is 33.8 Å². The van der Waals surface area contributed by atoms with Crippen LogP contribution in [0.4, 0.5) is 9.59 Å². The number of carboxylic acid groups (broad SMARTS) is 1. The molecule has 0 bridgehead atoms. The summed E-state index contributed by atoms with van der Waals surface area (Å²) in [5.74, 6) is -2.61. The van der Waals surface area contributed by atoms with Crippen LogP contribution in [-0.2, 0) is 46.4 Å². The van der Waals surface area contributed by atoms with Crippen molar-refractivity contribution >= 4 is 59.8 Å². The topological polar surface area (TPSA) is 327 Å². The smallest absolute Gasteiger partial charge is 0.404 e. The number of carbonyl (C=O) groups is 6. The number of rotatable bonds is 16. The molecule has 4 fully saturated rings. The average Bonchev–Trinajstić information content (AvgIpc) is 3.79. The number of nitrogens with zero attached hydrogens (tertiary/aromatic N) is 4. The van der Waals surface area contributed by atoms with Crippen LogP contribution in [-0.4, -0.2) is 105 Å². The van der Waals surface area contributed by atoms with E-state index in [9.17, 15) is 33.9 Å². The molecule has 0 aliphatic carbocycles. The van der Waals surface area contributed by atoms with E-state index in [2.05, 4.69) is 15.0 Å². The van der Waals surface area contributed by atoms with Crippen molar-refractivity contribution in [3.05, 3.63) is 142 Å². The van der Waals surface area contributed by atoms with Gasteiger partial charge in [0.1, 0.15) is 19.3 Å². The van der Waals surface area contributed by atoms with Gasteiger partial charge in [0.2, 0.25) is 0 Å². The Morgan fingerprint density at radius 2 is 1.23 bits per heavy atom. The maximum absolute atomic E-state index is 14.0. The number of nitrogens with one attached hydrogen (secondary N) is 2. The number of carbonyl (C=O) groups excluding carboxylic acids is 6. The van der Waals surface area contributed by atoms with Gasteiger partial charge in [0, 0.05) is 40.1 Å². The van der Waals surface area contributed by atoms with Gasteiger partial charge in [-0.15, -0.1) is 0 Å². The third kappa shape index (κ3) is 11.2. The fraction of sp³-hybridized carbons (Fsp3) is 0.333. The van der Waals surface area contributed by atoms with E-state index < -0.39 is 65.1 Å². The molecule has 4 aliphatic rings. The second-order valence-electron chi connectivity index (χ2n) is 18.6. The summed E-state index contributed by atoms with van der Waals surface area (Å²) in [5, 5.41) is 19.4. The third-order valence-electron chi connectivity index (χ3n) is 13.1. The molecular weight excluding hydrogens is 913 g/mol. The minimum atomic E-state index is -1.41. The van der Waals surface area contributed by atoms with Crippen LogP contribution in [0.5, 0.6) is 0 Å². The Balaban J connectivity index is 0.000000224. The Morgan fingerprint density at radius 1 is 0.761 bits per heavy atom. The minimum absolute atomic E-state index is 0.0864. The summed E-state index contributed by atoms with van der Waals surface area (Å²) in [6.45, 7) is 5.22. The summed E-state index contributed by atoms with van der Waals surface area (Å²) < 4.78 is 16.2. The van der Waals surface area contributed by atoms with E-state index in [1.54, 1.807) is 50.5 Å². The number of nitrogens with two attached hydrogens (primary N) is 4. The third-order valence-corrected chi connectivity index (χ3v) is 13.1. The lowest BCUT2D eigenvalue weighted by atomic mass is 9.81. The molecule has 20 heteroatoms. The second kappa shape index (κ2) is 21.1. The first-order valence-electron chi connectivity index (χ1n) is 22.8. The number of fused-ring (bicyclic) bond motifs is 2. The molecule has 370 valence electrons. The van der Waals surface area contributed by atoms with Crippen LogP contribution in [0.3, 0.4) is 0 Å². The first-order chi connectivity index (χ1) is 33.8. The molecule has 20 nitrogen and oxygen atoms in total. The zero-order chi connectivity index (χ0) is 51.2. The number of benzene rings is 2. The van der Waals surface area contributed by atoms with Crippen molar-refractivity contribution in [1.82, 2.24) is 19.8 Å². The van der Waals surface area contributed by atoms with Crippen LogP contribution >= 0.6 is 0 Å². The van der Waals surface area contributed by atoms with Gasteiger partial charge in [-0.3, -0.25) is 36.0 Å². The maximum atomic E-state index is 14.0. The standard InChI is InChI=1S/C33H34N4O5.C18H22N6O5/c1-21(34)13-14-22-15-16-36-25(17-22)18-26-27-19-33(2,20-41-32(35)40)29(37(27)30(26)38)31(39)42-28(23-9-5-3-6-10-23)24-11-7-4-8-12-24;1-18(8-29-17(21)28)6-12-11(14(25)24(12)13(18)15(26)27)5-10-4-9(2-3-22-10)7-23-16(19)20/h3-12,15-18,27-29,34H,13-14,19-20H2,1-2H3,(H2,35,40);2-5,12-13H,6-8H2,1H3,(H2,21,28)(H,26,27)(H4,19,20,23)/b26-18+,34-21?;11-5+/t27?,29-,33-;12?,13-,18-/m00/s1. The van der Waals surface area contributed by atoms with E-state index in [4.69, 9.17) is 42.6 Å². The van der Waals surface area contributed by atoms with Gasteiger partial charge >= 0.3 is 24.1 Å². The summed E-state index contributed by atoms with van der Waals surface area (Å²) in [4.78, 5) is 88.7. The predicted octanol–water partition coefficient (Wildman–Crippen LogP) is 1.01. The van der Waals surface area contributed by atoms with E-state index in [1.807, 2.05) is 79.7 Å². The molecule has 4 saturated heterocycles. The van der Waals surface area contributed by atoms with Gasteiger partial charge in [0.15, 0.2) is 6.10 Å².